The van der Waals surface area contributed by atoms with Gasteiger partial charge in [0.25, 0.3) is 5.69 Å². The van der Waals surface area contributed by atoms with E-state index in [0.29, 0.717) is 11.5 Å². The van der Waals surface area contributed by atoms with E-state index in [1.165, 1.54) is 12.7 Å². The van der Waals surface area contributed by atoms with Crippen molar-refractivity contribution < 1.29 is 14.5 Å². The van der Waals surface area contributed by atoms with Gasteiger partial charge in [0.05, 0.1) is 23.6 Å². The maximum Gasteiger partial charge on any atom is 0.338 e. The van der Waals surface area contributed by atoms with Gasteiger partial charge in [0.15, 0.2) is 0 Å². The second-order valence-corrected chi connectivity index (χ2v) is 7.02. The Balaban J connectivity index is 1.77. The van der Waals surface area contributed by atoms with Gasteiger partial charge < -0.3 is 10.1 Å². The van der Waals surface area contributed by atoms with Crippen molar-refractivity contribution >= 4 is 17.3 Å². The number of rotatable bonds is 3. The SMILES string of the molecule is COC(=O)c1ccc2c(c1C)N[C@H](c1ccc([N+](=O)[O-])cc1)[C@@H]1CC=C[C@H]21. The summed E-state index contributed by atoms with van der Waals surface area (Å²) in [5.41, 5.74) is 4.63. The van der Waals surface area contributed by atoms with Crippen LogP contribution in [0.1, 0.15) is 45.4 Å². The van der Waals surface area contributed by atoms with Crippen LogP contribution in [0.2, 0.25) is 0 Å². The second kappa shape index (κ2) is 6.54. The molecule has 1 heterocycles. The van der Waals surface area contributed by atoms with Crippen LogP contribution in [-0.2, 0) is 4.74 Å². The Kier molecular flexibility index (Phi) is 4.18. The maximum atomic E-state index is 12.1. The molecule has 1 aliphatic heterocycles. The Bertz CT molecular complexity index is 949. The Hall–Kier alpha value is -3.15. The molecule has 2 aromatic carbocycles. The third-order valence-corrected chi connectivity index (χ3v) is 5.67. The molecule has 0 fully saturated rings. The fourth-order valence-electron chi connectivity index (χ4n) is 4.28. The van der Waals surface area contributed by atoms with Crippen LogP contribution in [0.15, 0.2) is 48.6 Å². The number of esters is 1. The van der Waals surface area contributed by atoms with Crippen molar-refractivity contribution in [1.82, 2.24) is 0 Å². The molecule has 3 atom stereocenters. The molecule has 2 aliphatic rings. The summed E-state index contributed by atoms with van der Waals surface area (Å²) in [4.78, 5) is 22.6. The summed E-state index contributed by atoms with van der Waals surface area (Å²) < 4.78 is 4.90. The number of allylic oxidation sites excluding steroid dienone is 2. The van der Waals surface area contributed by atoms with E-state index < -0.39 is 0 Å². The standard InChI is InChI=1S/C21H20N2O4/c1-12-15(21(24)27-2)10-11-18-16-4-3-5-17(16)20(22-19(12)18)13-6-8-14(9-7-13)23(25)26/h3-4,6-11,16-17,20,22H,5H2,1-2H3/t16-,17+,20+/m0/s1. The molecule has 0 radical (unpaired) electrons. The first-order chi connectivity index (χ1) is 13.0. The first-order valence-electron chi connectivity index (χ1n) is 8.90. The molecule has 0 amide bonds. The number of benzene rings is 2. The minimum atomic E-state index is -0.389. The Morgan fingerprint density at radius 1 is 1.22 bits per heavy atom. The Morgan fingerprint density at radius 2 is 1.96 bits per heavy atom. The minimum absolute atomic E-state index is 0.0184. The molecule has 0 aromatic heterocycles. The third-order valence-electron chi connectivity index (χ3n) is 5.67. The van der Waals surface area contributed by atoms with Gasteiger partial charge in [-0.25, -0.2) is 4.79 Å². The summed E-state index contributed by atoms with van der Waals surface area (Å²) >= 11 is 0. The molecule has 6 heteroatoms. The lowest BCUT2D eigenvalue weighted by atomic mass is 9.76. The van der Waals surface area contributed by atoms with Crippen molar-refractivity contribution in [2.24, 2.45) is 5.92 Å². The molecule has 2 aromatic rings. The van der Waals surface area contributed by atoms with E-state index in [4.69, 9.17) is 4.74 Å². The van der Waals surface area contributed by atoms with Gasteiger partial charge in [-0.3, -0.25) is 10.1 Å². The van der Waals surface area contributed by atoms with Crippen LogP contribution in [-0.4, -0.2) is 18.0 Å². The lowest BCUT2D eigenvalue weighted by Crippen LogP contribution is -2.30. The van der Waals surface area contributed by atoms with Crippen molar-refractivity contribution in [2.45, 2.75) is 25.3 Å². The van der Waals surface area contributed by atoms with Gasteiger partial charge in [-0.05, 0) is 42.0 Å². The van der Waals surface area contributed by atoms with Crippen molar-refractivity contribution in [1.29, 1.82) is 0 Å². The monoisotopic (exact) mass is 364 g/mol. The van der Waals surface area contributed by atoms with Gasteiger partial charge in [0.1, 0.15) is 0 Å². The minimum Gasteiger partial charge on any atom is -0.465 e. The van der Waals surface area contributed by atoms with Crippen molar-refractivity contribution in [3.05, 3.63) is 80.9 Å². The Labute approximate surface area is 157 Å². The van der Waals surface area contributed by atoms with Gasteiger partial charge in [0, 0.05) is 23.7 Å². The van der Waals surface area contributed by atoms with Crippen LogP contribution >= 0.6 is 0 Å². The van der Waals surface area contributed by atoms with E-state index >= 15 is 0 Å². The number of nitrogens with zero attached hydrogens (tertiary/aromatic N) is 1. The molecule has 1 aliphatic carbocycles. The molecule has 27 heavy (non-hydrogen) atoms. The summed E-state index contributed by atoms with van der Waals surface area (Å²) in [6.45, 7) is 1.92. The number of ether oxygens (including phenoxy) is 1. The second-order valence-electron chi connectivity index (χ2n) is 7.02. The molecule has 0 saturated heterocycles. The van der Waals surface area contributed by atoms with Crippen molar-refractivity contribution in [3.8, 4) is 0 Å². The van der Waals surface area contributed by atoms with Crippen LogP contribution in [0.5, 0.6) is 0 Å². The molecular weight excluding hydrogens is 344 g/mol. The predicted octanol–water partition coefficient (Wildman–Crippen LogP) is 4.52. The molecule has 0 spiro atoms. The van der Waals surface area contributed by atoms with Crippen LogP contribution < -0.4 is 5.32 Å². The zero-order valence-electron chi connectivity index (χ0n) is 15.1. The highest BCUT2D eigenvalue weighted by Gasteiger charge is 2.39. The molecule has 0 bridgehead atoms. The number of methoxy groups -OCH3 is 1. The molecule has 138 valence electrons. The number of carbonyl (C=O) groups is 1. The number of nitro benzene ring substituents is 1. The highest BCUT2D eigenvalue weighted by molar-refractivity contribution is 5.93. The molecule has 6 nitrogen and oxygen atoms in total. The van der Waals surface area contributed by atoms with E-state index in [9.17, 15) is 14.9 Å². The number of hydrogen-bond donors (Lipinski definition) is 1. The van der Waals surface area contributed by atoms with Gasteiger partial charge >= 0.3 is 5.97 Å². The van der Waals surface area contributed by atoms with E-state index in [-0.39, 0.29) is 28.5 Å². The Morgan fingerprint density at radius 3 is 2.63 bits per heavy atom. The number of nitrogens with one attached hydrogen (secondary N) is 1. The number of carbonyl (C=O) groups excluding carboxylic acids is 1. The normalized spacial score (nSPS) is 22.5. The first-order valence-corrected chi connectivity index (χ1v) is 8.90. The predicted molar refractivity (Wildman–Crippen MR) is 102 cm³/mol. The summed E-state index contributed by atoms with van der Waals surface area (Å²) in [5, 5.41) is 14.5. The number of fused-ring (bicyclic) bond motifs is 3. The van der Waals surface area contributed by atoms with Crippen LogP contribution in [0.3, 0.4) is 0 Å². The van der Waals surface area contributed by atoms with Gasteiger partial charge in [-0.15, -0.1) is 0 Å². The third kappa shape index (κ3) is 2.77. The first kappa shape index (κ1) is 17.3. The number of anilines is 1. The van der Waals surface area contributed by atoms with Crippen molar-refractivity contribution in [3.63, 3.8) is 0 Å². The zero-order valence-corrected chi connectivity index (χ0v) is 15.1. The van der Waals surface area contributed by atoms with Crippen LogP contribution in [0.4, 0.5) is 11.4 Å². The lowest BCUT2D eigenvalue weighted by Gasteiger charge is -2.38. The highest BCUT2D eigenvalue weighted by atomic mass is 16.6. The average Bonchev–Trinajstić information content (AvgIpc) is 3.17. The fourth-order valence-corrected chi connectivity index (χ4v) is 4.28. The van der Waals surface area contributed by atoms with E-state index in [1.807, 2.05) is 31.2 Å². The lowest BCUT2D eigenvalue weighted by molar-refractivity contribution is -0.384. The smallest absolute Gasteiger partial charge is 0.338 e. The number of non-ortho nitro benzene ring substituents is 1. The topological polar surface area (TPSA) is 81.5 Å². The summed E-state index contributed by atoms with van der Waals surface area (Å²) in [7, 11) is 1.38. The largest absolute Gasteiger partial charge is 0.465 e. The van der Waals surface area contributed by atoms with E-state index in [1.54, 1.807) is 12.1 Å². The number of hydrogen-bond acceptors (Lipinski definition) is 5. The van der Waals surface area contributed by atoms with Crippen LogP contribution in [0.25, 0.3) is 0 Å². The van der Waals surface area contributed by atoms with Gasteiger partial charge in [-0.2, -0.15) is 0 Å². The molecule has 0 saturated carbocycles. The molecule has 1 N–H and O–H groups in total. The fraction of sp³-hybridized carbons (Fsp3) is 0.286. The van der Waals surface area contributed by atoms with E-state index in [0.717, 1.165) is 23.2 Å². The average molecular weight is 364 g/mol. The summed E-state index contributed by atoms with van der Waals surface area (Å²) in [6, 6.07) is 10.6. The maximum absolute atomic E-state index is 12.1. The van der Waals surface area contributed by atoms with Crippen molar-refractivity contribution in [2.75, 3.05) is 12.4 Å². The molecule has 0 unspecified atom stereocenters. The quantitative estimate of drug-likeness (QED) is 0.375. The van der Waals surface area contributed by atoms with Gasteiger partial charge in [-0.1, -0.05) is 30.4 Å². The summed E-state index contributed by atoms with van der Waals surface area (Å²) in [6.07, 6.45) is 5.35. The molecular formula is C21H20N2O4. The van der Waals surface area contributed by atoms with Crippen LogP contribution in [0, 0.1) is 23.0 Å². The summed E-state index contributed by atoms with van der Waals surface area (Å²) in [5.74, 6) is 0.238. The highest BCUT2D eigenvalue weighted by Crippen LogP contribution is 2.51. The van der Waals surface area contributed by atoms with E-state index in [2.05, 4.69) is 17.5 Å². The zero-order chi connectivity index (χ0) is 19.1. The molecule has 4 rings (SSSR count). The van der Waals surface area contributed by atoms with Gasteiger partial charge in [0.2, 0.25) is 0 Å². The number of nitro groups is 1.